The Kier molecular flexibility index (Phi) is 8.37. The van der Waals surface area contributed by atoms with Crippen LogP contribution in [0.2, 0.25) is 0 Å². The molecule has 0 radical (unpaired) electrons. The standard InChI is InChI=1S/C54H31N5S/c1-56-40-21-13-20-38(29-40)45-31-39(54-57-46(35-15-4-2-5-16-35)32-47(58-54)36-17-6-3-7-18-36)30-44(37-19-12-14-34(28-37)33-55)52(45)59-48-24-10-8-23-43(48)51-49(59)27-26-42-41-22-9-11-25-50(41)60-53(42)51/h2-32H. The molecule has 0 aliphatic carbocycles. The van der Waals surface area contributed by atoms with Gasteiger partial charge in [0.1, 0.15) is 0 Å². The van der Waals surface area contributed by atoms with Crippen LogP contribution in [0.3, 0.4) is 0 Å². The van der Waals surface area contributed by atoms with E-state index in [1.54, 1.807) is 0 Å². The molecule has 3 heterocycles. The van der Waals surface area contributed by atoms with Crippen LogP contribution in [0.1, 0.15) is 5.56 Å². The molecule has 11 rings (SSSR count). The lowest BCUT2D eigenvalue weighted by molar-refractivity contribution is 1.17. The molecule has 5 nitrogen and oxygen atoms in total. The van der Waals surface area contributed by atoms with Crippen molar-refractivity contribution in [3.63, 3.8) is 0 Å². The second kappa shape index (κ2) is 14.3. The summed E-state index contributed by atoms with van der Waals surface area (Å²) in [6.45, 7) is 8.01. The number of thiophene rings is 1. The van der Waals surface area contributed by atoms with E-state index >= 15 is 0 Å². The monoisotopic (exact) mass is 781 g/mol. The largest absolute Gasteiger partial charge is 0.308 e. The summed E-state index contributed by atoms with van der Waals surface area (Å²) in [5, 5.41) is 15.0. The molecule has 278 valence electrons. The highest BCUT2D eigenvalue weighted by atomic mass is 32.1. The third kappa shape index (κ3) is 5.83. The molecule has 8 aromatic carbocycles. The highest BCUT2D eigenvalue weighted by Crippen LogP contribution is 2.47. The fourth-order valence-electron chi connectivity index (χ4n) is 8.51. The second-order valence-corrected chi connectivity index (χ2v) is 15.8. The van der Waals surface area contributed by atoms with E-state index in [1.165, 1.54) is 25.6 Å². The number of hydrogen-bond donors (Lipinski definition) is 0. The maximum atomic E-state index is 10.2. The predicted molar refractivity (Wildman–Crippen MR) is 247 cm³/mol. The van der Waals surface area contributed by atoms with Crippen molar-refractivity contribution in [1.29, 1.82) is 5.26 Å². The summed E-state index contributed by atoms with van der Waals surface area (Å²) in [7, 11) is 0. The summed E-state index contributed by atoms with van der Waals surface area (Å²) >= 11 is 1.83. The first-order valence-corrected chi connectivity index (χ1v) is 20.5. The summed E-state index contributed by atoms with van der Waals surface area (Å²) in [5.74, 6) is 0.566. The zero-order valence-electron chi connectivity index (χ0n) is 32.0. The van der Waals surface area contributed by atoms with Crippen molar-refractivity contribution in [2.75, 3.05) is 0 Å². The molecule has 0 saturated carbocycles. The van der Waals surface area contributed by atoms with E-state index in [0.29, 0.717) is 17.1 Å². The van der Waals surface area contributed by atoms with Gasteiger partial charge in [-0.3, -0.25) is 0 Å². The quantitative estimate of drug-likeness (QED) is 0.158. The van der Waals surface area contributed by atoms with Gasteiger partial charge in [-0.25, -0.2) is 14.8 Å². The van der Waals surface area contributed by atoms with E-state index in [4.69, 9.17) is 16.5 Å². The third-order valence-corrected chi connectivity index (χ3v) is 12.4. The van der Waals surface area contributed by atoms with Crippen molar-refractivity contribution in [1.82, 2.24) is 14.5 Å². The molecule has 0 aliphatic rings. The fraction of sp³-hybridized carbons (Fsp3) is 0. The van der Waals surface area contributed by atoms with E-state index in [9.17, 15) is 5.26 Å². The molecule has 11 aromatic rings. The van der Waals surface area contributed by atoms with E-state index in [-0.39, 0.29) is 0 Å². The van der Waals surface area contributed by atoms with Crippen molar-refractivity contribution < 1.29 is 0 Å². The normalized spacial score (nSPS) is 11.3. The molecule has 6 heteroatoms. The smallest absolute Gasteiger partial charge is 0.187 e. The lowest BCUT2D eigenvalue weighted by Crippen LogP contribution is -2.03. The van der Waals surface area contributed by atoms with Gasteiger partial charge in [-0.05, 0) is 65.7 Å². The lowest BCUT2D eigenvalue weighted by atomic mass is 9.91. The Morgan fingerprint density at radius 3 is 1.83 bits per heavy atom. The zero-order valence-corrected chi connectivity index (χ0v) is 32.9. The first-order chi connectivity index (χ1) is 29.6. The van der Waals surface area contributed by atoms with Gasteiger partial charge in [0, 0.05) is 58.8 Å². The van der Waals surface area contributed by atoms with Gasteiger partial charge >= 0.3 is 0 Å². The van der Waals surface area contributed by atoms with Crippen molar-refractivity contribution in [3.05, 3.63) is 205 Å². The van der Waals surface area contributed by atoms with Gasteiger partial charge in [0.25, 0.3) is 0 Å². The summed E-state index contributed by atoms with van der Waals surface area (Å²) in [6, 6.07) is 66.5. The van der Waals surface area contributed by atoms with E-state index in [1.807, 2.05) is 90.2 Å². The Morgan fingerprint density at radius 2 is 1.13 bits per heavy atom. The Balaban J connectivity index is 1.29. The number of hydrogen-bond acceptors (Lipinski definition) is 4. The van der Waals surface area contributed by atoms with E-state index < -0.39 is 0 Å². The molecular weight excluding hydrogens is 751 g/mol. The highest BCUT2D eigenvalue weighted by molar-refractivity contribution is 7.26. The van der Waals surface area contributed by atoms with Gasteiger partial charge < -0.3 is 4.57 Å². The minimum atomic E-state index is 0.541. The Labute approximate surface area is 350 Å². The Hall–Kier alpha value is -8.16. The number of fused-ring (bicyclic) bond motifs is 7. The van der Waals surface area contributed by atoms with Crippen LogP contribution in [-0.4, -0.2) is 14.5 Å². The number of rotatable bonds is 6. The maximum absolute atomic E-state index is 10.2. The number of nitrogens with zero attached hydrogens (tertiary/aromatic N) is 5. The van der Waals surface area contributed by atoms with Gasteiger partial charge in [-0.1, -0.05) is 133 Å². The molecule has 0 saturated heterocycles. The maximum Gasteiger partial charge on any atom is 0.187 e. The van der Waals surface area contributed by atoms with Crippen LogP contribution in [0.4, 0.5) is 5.69 Å². The number of para-hydroxylation sites is 1. The first kappa shape index (κ1) is 35.0. The first-order valence-electron chi connectivity index (χ1n) is 19.7. The molecule has 3 aromatic heterocycles. The van der Waals surface area contributed by atoms with Crippen LogP contribution in [0, 0.1) is 17.9 Å². The highest BCUT2D eigenvalue weighted by Gasteiger charge is 2.24. The van der Waals surface area contributed by atoms with Gasteiger partial charge in [0.15, 0.2) is 11.5 Å². The topological polar surface area (TPSA) is 58.9 Å². The number of aromatic nitrogens is 3. The molecule has 0 spiro atoms. The number of nitriles is 1. The van der Waals surface area contributed by atoms with Crippen LogP contribution in [-0.2, 0) is 0 Å². The molecule has 0 unspecified atom stereocenters. The average Bonchev–Trinajstić information content (AvgIpc) is 3.87. The Bertz CT molecular complexity index is 3430. The molecule has 0 aliphatic heterocycles. The van der Waals surface area contributed by atoms with Crippen LogP contribution < -0.4 is 0 Å². The average molecular weight is 782 g/mol. The van der Waals surface area contributed by atoms with Crippen molar-refractivity contribution in [3.8, 4) is 67.9 Å². The molecule has 0 bridgehead atoms. The summed E-state index contributed by atoms with van der Waals surface area (Å²) in [5.41, 5.74) is 12.1. The molecule has 60 heavy (non-hydrogen) atoms. The van der Waals surface area contributed by atoms with Crippen molar-refractivity contribution in [2.24, 2.45) is 0 Å². The van der Waals surface area contributed by atoms with Crippen LogP contribution in [0.15, 0.2) is 188 Å². The minimum Gasteiger partial charge on any atom is -0.308 e. The Morgan fingerprint density at radius 1 is 0.517 bits per heavy atom. The molecule has 0 atom stereocenters. The molecule has 0 amide bonds. The van der Waals surface area contributed by atoms with Crippen LogP contribution in [0.5, 0.6) is 0 Å². The minimum absolute atomic E-state index is 0.541. The van der Waals surface area contributed by atoms with E-state index in [2.05, 4.69) is 125 Å². The summed E-state index contributed by atoms with van der Waals surface area (Å²) in [4.78, 5) is 14.4. The van der Waals surface area contributed by atoms with Gasteiger partial charge in [-0.2, -0.15) is 5.26 Å². The fourth-order valence-corrected chi connectivity index (χ4v) is 9.77. The predicted octanol–water partition coefficient (Wildman–Crippen LogP) is 14.7. The second-order valence-electron chi connectivity index (χ2n) is 14.8. The van der Waals surface area contributed by atoms with Crippen molar-refractivity contribution in [2.45, 2.75) is 0 Å². The number of benzene rings is 8. The molecule has 0 fully saturated rings. The summed E-state index contributed by atoms with van der Waals surface area (Å²) in [6.07, 6.45) is 0. The third-order valence-electron chi connectivity index (χ3n) is 11.2. The van der Waals surface area contributed by atoms with Crippen molar-refractivity contribution >= 4 is 59.0 Å². The molecule has 0 N–H and O–H groups in total. The van der Waals surface area contributed by atoms with E-state index in [0.717, 1.165) is 72.4 Å². The molecular formula is C54H31N5S. The lowest BCUT2D eigenvalue weighted by Gasteiger charge is -2.21. The van der Waals surface area contributed by atoms with Crippen LogP contribution in [0.25, 0.3) is 109 Å². The van der Waals surface area contributed by atoms with Gasteiger partial charge in [0.2, 0.25) is 0 Å². The zero-order chi connectivity index (χ0) is 40.2. The van der Waals surface area contributed by atoms with Crippen LogP contribution >= 0.6 is 11.3 Å². The SMILES string of the molecule is [C-]#[N+]c1cccc(-c2cc(-c3nc(-c4ccccc4)cc(-c4ccccc4)n3)cc(-c3cccc(C#N)c3)c2-n2c3ccccc3c3c4sc5ccccc5c4ccc32)c1. The summed E-state index contributed by atoms with van der Waals surface area (Å²) < 4.78 is 4.87. The van der Waals surface area contributed by atoms with Gasteiger partial charge in [0.05, 0.1) is 46.3 Å². The van der Waals surface area contributed by atoms with Gasteiger partial charge in [-0.15, -0.1) is 11.3 Å².